The van der Waals surface area contributed by atoms with Crippen molar-refractivity contribution in [3.8, 4) is 11.5 Å². The maximum atomic E-state index is 12.4. The van der Waals surface area contributed by atoms with Gasteiger partial charge in [0.2, 0.25) is 0 Å². The summed E-state index contributed by atoms with van der Waals surface area (Å²) in [6, 6.07) is 19.4. The van der Waals surface area contributed by atoms with Gasteiger partial charge in [0, 0.05) is 23.6 Å². The molecule has 0 fully saturated rings. The molecule has 0 aliphatic rings. The lowest BCUT2D eigenvalue weighted by Gasteiger charge is -2.15. The molecule has 10 heteroatoms. The van der Waals surface area contributed by atoms with E-state index in [1.165, 1.54) is 31.4 Å². The van der Waals surface area contributed by atoms with Gasteiger partial charge in [-0.2, -0.15) is 10.2 Å². The number of nitro groups is 1. The quantitative estimate of drug-likeness (QED) is 0.156. The molecule has 0 unspecified atom stereocenters. The van der Waals surface area contributed by atoms with Gasteiger partial charge in [0.05, 0.1) is 17.7 Å². The second-order valence-electron chi connectivity index (χ2n) is 6.74. The minimum atomic E-state index is -0.490. The van der Waals surface area contributed by atoms with Gasteiger partial charge < -0.3 is 14.6 Å². The zero-order chi connectivity index (χ0) is 24.3. The van der Waals surface area contributed by atoms with E-state index in [9.17, 15) is 15.2 Å². The smallest absolute Gasteiger partial charge is 0.269 e. The fourth-order valence-electron chi connectivity index (χ4n) is 2.76. The summed E-state index contributed by atoms with van der Waals surface area (Å²) in [4.78, 5) is 10.4. The number of anilines is 1. The van der Waals surface area contributed by atoms with E-state index in [-0.39, 0.29) is 11.5 Å². The van der Waals surface area contributed by atoms with Gasteiger partial charge in [0.15, 0.2) is 17.3 Å². The highest BCUT2D eigenvalue weighted by atomic mass is 16.6. The van der Waals surface area contributed by atoms with Gasteiger partial charge in [0.25, 0.3) is 5.69 Å². The fraction of sp³-hybridized carbons (Fsp3) is 0.0833. The predicted octanol–water partition coefficient (Wildman–Crippen LogP) is 3.25. The topological polar surface area (TPSA) is 133 Å². The molecule has 0 bridgehead atoms. The minimum Gasteiger partial charge on any atom is -0.857 e. The molecule has 2 N–H and O–H groups in total. The standard InChI is InChI=1S/C24H23N5O5/c1-3-15-34-21-14-9-18(16-22(21)33-2)23(27-28-24(30)17-7-5-4-6-8-17)26-25-19-10-12-20(13-11-19)29(31)32/h3-14,16,25H,1,15H2,2H3,(H,26,27)(H,28,30)/p-1. The molecule has 0 amide bonds. The van der Waals surface area contributed by atoms with E-state index in [0.29, 0.717) is 34.9 Å². The Hall–Kier alpha value is -4.86. The molecular weight excluding hydrogens is 438 g/mol. The lowest BCUT2D eigenvalue weighted by molar-refractivity contribution is -0.384. The summed E-state index contributed by atoms with van der Waals surface area (Å²) in [5, 5.41) is 31.5. The van der Waals surface area contributed by atoms with Crippen LogP contribution in [0.3, 0.4) is 0 Å². The molecule has 0 aromatic heterocycles. The second-order valence-corrected chi connectivity index (χ2v) is 6.74. The monoisotopic (exact) mass is 460 g/mol. The third-order valence-corrected chi connectivity index (χ3v) is 4.45. The number of nitrogens with zero attached hydrogens (tertiary/aromatic N) is 3. The van der Waals surface area contributed by atoms with Crippen molar-refractivity contribution >= 4 is 23.1 Å². The summed E-state index contributed by atoms with van der Waals surface area (Å²) >= 11 is 0. The van der Waals surface area contributed by atoms with Crippen LogP contribution in [-0.2, 0) is 0 Å². The Labute approximate surface area is 196 Å². The summed E-state index contributed by atoms with van der Waals surface area (Å²) in [5.41, 5.74) is 6.90. The fourth-order valence-corrected chi connectivity index (χ4v) is 2.76. The average molecular weight is 460 g/mol. The number of amidine groups is 1. The number of hydrazone groups is 2. The molecule has 0 saturated carbocycles. The number of nitro benzene ring substituents is 1. The third kappa shape index (κ3) is 6.33. The van der Waals surface area contributed by atoms with E-state index >= 15 is 0 Å². The summed E-state index contributed by atoms with van der Waals surface area (Å²) < 4.78 is 11.0. The van der Waals surface area contributed by atoms with Crippen molar-refractivity contribution in [2.45, 2.75) is 0 Å². The van der Waals surface area contributed by atoms with Crippen molar-refractivity contribution in [3.05, 3.63) is 107 Å². The first-order valence-corrected chi connectivity index (χ1v) is 10.1. The lowest BCUT2D eigenvalue weighted by Crippen LogP contribution is -2.27. The molecule has 0 aliphatic heterocycles. The van der Waals surface area contributed by atoms with Crippen molar-refractivity contribution in [3.63, 3.8) is 0 Å². The van der Waals surface area contributed by atoms with Crippen molar-refractivity contribution in [2.24, 2.45) is 10.2 Å². The number of hydrogen-bond acceptors (Lipinski definition) is 8. The molecule has 0 saturated heterocycles. The van der Waals surface area contributed by atoms with E-state index in [0.717, 1.165) is 0 Å². The SMILES string of the molecule is C=CCOc1ccc(C(=NNc2ccc([N+](=O)[O-])cc2)NN=C([O-])c2ccccc2)cc1OC. The maximum Gasteiger partial charge on any atom is 0.269 e. The van der Waals surface area contributed by atoms with E-state index in [2.05, 4.69) is 27.6 Å². The Morgan fingerprint density at radius 2 is 1.76 bits per heavy atom. The number of benzene rings is 3. The molecule has 0 atom stereocenters. The molecule has 0 radical (unpaired) electrons. The molecule has 3 aromatic rings. The maximum absolute atomic E-state index is 12.4. The summed E-state index contributed by atoms with van der Waals surface area (Å²) in [5.74, 6) is 0.669. The van der Waals surface area contributed by atoms with Crippen LogP contribution < -0.4 is 25.4 Å². The molecule has 0 spiro atoms. The molecular formula is C24H22N5O5-. The summed E-state index contributed by atoms with van der Waals surface area (Å²) in [6.45, 7) is 3.93. The Balaban J connectivity index is 1.91. The van der Waals surface area contributed by atoms with Gasteiger partial charge in [0.1, 0.15) is 6.61 Å². The highest BCUT2D eigenvalue weighted by molar-refractivity contribution is 6.01. The average Bonchev–Trinajstić information content (AvgIpc) is 2.88. The molecule has 10 nitrogen and oxygen atoms in total. The van der Waals surface area contributed by atoms with Gasteiger partial charge in [-0.25, -0.2) is 0 Å². The van der Waals surface area contributed by atoms with Crippen LogP contribution in [0.5, 0.6) is 11.5 Å². The Morgan fingerprint density at radius 3 is 2.41 bits per heavy atom. The third-order valence-electron chi connectivity index (χ3n) is 4.45. The Bertz CT molecular complexity index is 1190. The summed E-state index contributed by atoms with van der Waals surface area (Å²) in [6.07, 6.45) is 1.62. The first-order chi connectivity index (χ1) is 16.5. The molecule has 0 aliphatic carbocycles. The van der Waals surface area contributed by atoms with Crippen LogP contribution in [0.15, 0.2) is 95.7 Å². The number of hydrogen-bond donors (Lipinski definition) is 2. The second kappa shape index (κ2) is 11.7. The van der Waals surface area contributed by atoms with Crippen LogP contribution in [0, 0.1) is 10.1 Å². The van der Waals surface area contributed by atoms with Crippen molar-refractivity contribution < 1.29 is 19.5 Å². The van der Waals surface area contributed by atoms with Crippen molar-refractivity contribution in [2.75, 3.05) is 19.1 Å². The molecule has 174 valence electrons. The van der Waals surface area contributed by atoms with Gasteiger partial charge in [-0.3, -0.25) is 21.0 Å². The van der Waals surface area contributed by atoms with Crippen LogP contribution in [0.1, 0.15) is 11.1 Å². The Morgan fingerprint density at radius 1 is 1.03 bits per heavy atom. The van der Waals surface area contributed by atoms with Crippen molar-refractivity contribution in [1.29, 1.82) is 0 Å². The van der Waals surface area contributed by atoms with Gasteiger partial charge >= 0.3 is 0 Å². The number of ether oxygens (including phenoxy) is 2. The molecule has 3 rings (SSSR count). The normalized spacial score (nSPS) is 11.4. The van der Waals surface area contributed by atoms with Crippen LogP contribution in [-0.4, -0.2) is 30.4 Å². The Kier molecular flexibility index (Phi) is 8.17. The zero-order valence-electron chi connectivity index (χ0n) is 18.3. The number of non-ortho nitro benzene ring substituents is 1. The highest BCUT2D eigenvalue weighted by Crippen LogP contribution is 2.28. The summed E-state index contributed by atoms with van der Waals surface area (Å²) in [7, 11) is 1.50. The molecule has 0 heterocycles. The first-order valence-electron chi connectivity index (χ1n) is 10.1. The minimum absolute atomic E-state index is 0.0452. The number of rotatable bonds is 10. The van der Waals surface area contributed by atoms with E-state index in [1.54, 1.807) is 54.6 Å². The lowest BCUT2D eigenvalue weighted by atomic mass is 10.2. The predicted molar refractivity (Wildman–Crippen MR) is 128 cm³/mol. The largest absolute Gasteiger partial charge is 0.857 e. The molecule has 3 aromatic carbocycles. The van der Waals surface area contributed by atoms with Crippen LogP contribution in [0.4, 0.5) is 11.4 Å². The first kappa shape index (κ1) is 23.8. The van der Waals surface area contributed by atoms with E-state index in [4.69, 9.17) is 9.47 Å². The van der Waals surface area contributed by atoms with Crippen LogP contribution >= 0.6 is 0 Å². The van der Waals surface area contributed by atoms with Gasteiger partial charge in [-0.15, -0.1) is 0 Å². The number of methoxy groups -OCH3 is 1. The van der Waals surface area contributed by atoms with Crippen LogP contribution in [0.25, 0.3) is 0 Å². The van der Waals surface area contributed by atoms with Crippen molar-refractivity contribution in [1.82, 2.24) is 5.43 Å². The van der Waals surface area contributed by atoms with E-state index < -0.39 is 10.8 Å². The van der Waals surface area contributed by atoms with Crippen LogP contribution in [0.2, 0.25) is 0 Å². The van der Waals surface area contributed by atoms with Gasteiger partial charge in [-0.05, 0) is 35.9 Å². The van der Waals surface area contributed by atoms with Gasteiger partial charge in [-0.1, -0.05) is 43.0 Å². The zero-order valence-corrected chi connectivity index (χ0v) is 18.3. The molecule has 34 heavy (non-hydrogen) atoms. The van der Waals surface area contributed by atoms with E-state index in [1.807, 2.05) is 0 Å². The number of nitrogens with one attached hydrogen (secondary N) is 2. The highest BCUT2D eigenvalue weighted by Gasteiger charge is 2.11.